The van der Waals surface area contributed by atoms with Gasteiger partial charge in [-0.3, -0.25) is 0 Å². The van der Waals surface area contributed by atoms with E-state index in [0.717, 1.165) is 23.2 Å². The zero-order valence-corrected chi connectivity index (χ0v) is 20.1. The van der Waals surface area contributed by atoms with E-state index in [2.05, 4.69) is 111 Å². The van der Waals surface area contributed by atoms with Crippen LogP contribution in [0, 0.1) is 38.4 Å². The molecule has 0 spiro atoms. The summed E-state index contributed by atoms with van der Waals surface area (Å²) in [5.41, 5.74) is 1.76. The second-order valence-electron chi connectivity index (χ2n) is 6.30. The Morgan fingerprint density at radius 2 is 0.806 bits per heavy atom. The largest absolute Gasteiger partial charge is 0 e. The quantitative estimate of drug-likeness (QED) is 0.239. The van der Waals surface area contributed by atoms with Gasteiger partial charge in [-0.05, 0) is 38.3 Å². The monoisotopic (exact) mass is 530 g/mol. The minimum absolute atomic E-state index is 0. The molecule has 0 radical (unpaired) electrons. The summed E-state index contributed by atoms with van der Waals surface area (Å²) >= 11 is 0. The molecule has 5 rings (SSSR count). The summed E-state index contributed by atoms with van der Waals surface area (Å²) in [7, 11) is -0.214. The van der Waals surface area contributed by atoms with Crippen LogP contribution in [0.1, 0.15) is 0 Å². The van der Waals surface area contributed by atoms with Gasteiger partial charge in [0, 0.05) is 32.4 Å². The number of fused-ring (bicyclic) bond motifs is 4. The second-order valence-corrected chi connectivity index (χ2v) is 10.8. The van der Waals surface area contributed by atoms with Gasteiger partial charge in [0.25, 0.3) is 0 Å². The van der Waals surface area contributed by atoms with E-state index in [4.69, 9.17) is 18.6 Å². The SMILES string of the molecule is C1=CP(c2ccccc2)C2C1C1C=CP(c3ccccc3)C12.[C-]#[O+].[C-]#[O+].[C-]#[O+].[C-]#[O+].[Mo]. The van der Waals surface area contributed by atoms with Gasteiger partial charge in [0.15, 0.2) is 0 Å². The van der Waals surface area contributed by atoms with Crippen molar-refractivity contribution in [3.8, 4) is 0 Å². The van der Waals surface area contributed by atoms with E-state index in [1.807, 2.05) is 0 Å². The molecule has 0 saturated heterocycles. The third-order valence-corrected chi connectivity index (χ3v) is 10.9. The molecule has 3 aliphatic rings. The van der Waals surface area contributed by atoms with Gasteiger partial charge in [0.05, 0.1) is 0 Å². The average molecular weight is 528 g/mol. The summed E-state index contributed by atoms with van der Waals surface area (Å²) in [6.45, 7) is 18.0. The Balaban J connectivity index is 0.000000908. The van der Waals surface area contributed by atoms with Crippen molar-refractivity contribution in [2.75, 3.05) is 0 Å². The summed E-state index contributed by atoms with van der Waals surface area (Å²) in [5.74, 6) is 6.71. The van der Waals surface area contributed by atoms with Gasteiger partial charge in [-0.1, -0.05) is 84.4 Å². The number of allylic oxidation sites excluding steroid dienone is 2. The third kappa shape index (κ3) is 6.24. The molecule has 2 aromatic rings. The minimum atomic E-state index is -0.107. The average Bonchev–Trinajstić information content (AvgIpc) is 3.42. The van der Waals surface area contributed by atoms with Crippen LogP contribution >= 0.6 is 15.8 Å². The van der Waals surface area contributed by atoms with E-state index in [1.165, 1.54) is 0 Å². The molecule has 7 heteroatoms. The molecule has 6 unspecified atom stereocenters. The van der Waals surface area contributed by atoms with Crippen LogP contribution in [0.15, 0.2) is 84.4 Å². The Labute approximate surface area is 199 Å². The van der Waals surface area contributed by atoms with Crippen LogP contribution < -0.4 is 10.6 Å². The standard InChI is InChI=1S/C20H18P2.4CO.Mo/c1-3-7-15(8-4-1)21-13-11-17-18-12-14-22(20(18)19(17)21)16-9-5-2-6-10-16;4*1-2;/h1-14,17-20H;;;;;. The van der Waals surface area contributed by atoms with E-state index >= 15 is 0 Å². The number of benzene rings is 2. The number of hydrogen-bond donors (Lipinski definition) is 0. The molecule has 2 aliphatic heterocycles. The van der Waals surface area contributed by atoms with Gasteiger partial charge in [0.2, 0.25) is 0 Å². The Kier molecular flexibility index (Phi) is 15.3. The molecular formula is C24H18MoO4P2. The Hall–Kier alpha value is -1.57. The fraction of sp³-hybridized carbons (Fsp3) is 0.167. The van der Waals surface area contributed by atoms with Gasteiger partial charge in [0.1, 0.15) is 0 Å². The van der Waals surface area contributed by atoms with E-state index in [0.29, 0.717) is 0 Å². The molecule has 0 bridgehead atoms. The molecule has 0 aromatic heterocycles. The Morgan fingerprint density at radius 1 is 0.516 bits per heavy atom. The van der Waals surface area contributed by atoms with Crippen molar-refractivity contribution < 1.29 is 39.7 Å². The number of rotatable bonds is 2. The fourth-order valence-corrected chi connectivity index (χ4v) is 10.7. The normalized spacial score (nSPS) is 27.0. The molecule has 154 valence electrons. The molecule has 31 heavy (non-hydrogen) atoms. The van der Waals surface area contributed by atoms with Gasteiger partial charge >= 0.3 is 45.2 Å². The summed E-state index contributed by atoms with van der Waals surface area (Å²) in [6, 6.07) is 22.4. The molecule has 0 N–H and O–H groups in total. The van der Waals surface area contributed by atoms with Crippen molar-refractivity contribution >= 4 is 26.5 Å². The molecule has 1 saturated carbocycles. The van der Waals surface area contributed by atoms with Gasteiger partial charge in [-0.15, -0.1) is 0 Å². The van der Waals surface area contributed by atoms with Crippen molar-refractivity contribution in [1.29, 1.82) is 0 Å². The third-order valence-electron chi connectivity index (χ3n) is 5.27. The molecule has 4 nitrogen and oxygen atoms in total. The van der Waals surface area contributed by atoms with Crippen LogP contribution in [-0.2, 0) is 39.7 Å². The molecule has 2 aromatic carbocycles. The van der Waals surface area contributed by atoms with E-state index in [-0.39, 0.29) is 36.9 Å². The maximum absolute atomic E-state index is 7.50. The van der Waals surface area contributed by atoms with E-state index < -0.39 is 0 Å². The first-order valence-electron chi connectivity index (χ1n) is 8.78. The van der Waals surface area contributed by atoms with Crippen molar-refractivity contribution in [3.63, 3.8) is 0 Å². The first-order chi connectivity index (χ1) is 14.9. The Morgan fingerprint density at radius 3 is 1.10 bits per heavy atom. The number of hydrogen-bond acceptors (Lipinski definition) is 0. The summed E-state index contributed by atoms with van der Waals surface area (Å²) < 4.78 is 30.0. The van der Waals surface area contributed by atoms with Crippen molar-refractivity contribution in [2.45, 2.75) is 11.3 Å². The maximum Gasteiger partial charge on any atom is 0 e. The van der Waals surface area contributed by atoms with Crippen LogP contribution in [0.3, 0.4) is 0 Å². The second kappa shape index (κ2) is 16.1. The van der Waals surface area contributed by atoms with Crippen LogP contribution in [0.5, 0.6) is 0 Å². The first-order valence-corrected chi connectivity index (χ1v) is 11.7. The fourth-order valence-electron chi connectivity index (χ4n) is 4.25. The van der Waals surface area contributed by atoms with Crippen molar-refractivity contribution in [3.05, 3.63) is 111 Å². The van der Waals surface area contributed by atoms with E-state index in [1.54, 1.807) is 10.6 Å². The summed E-state index contributed by atoms with van der Waals surface area (Å²) in [5, 5.41) is 3.13. The zero-order chi connectivity index (χ0) is 22.5. The Bertz CT molecular complexity index is 833. The topological polar surface area (TPSA) is 79.6 Å². The zero-order valence-electron chi connectivity index (χ0n) is 16.3. The molecule has 0 amide bonds. The minimum Gasteiger partial charge on any atom is 0 e. The van der Waals surface area contributed by atoms with E-state index in [9.17, 15) is 0 Å². The van der Waals surface area contributed by atoms with Crippen molar-refractivity contribution in [1.82, 2.24) is 0 Å². The summed E-state index contributed by atoms with van der Waals surface area (Å²) in [4.78, 5) is 0. The predicted molar refractivity (Wildman–Crippen MR) is 115 cm³/mol. The smallest absolute Gasteiger partial charge is 0 e. The molecule has 6 atom stereocenters. The van der Waals surface area contributed by atoms with Crippen LogP contribution in [0.4, 0.5) is 0 Å². The van der Waals surface area contributed by atoms with Gasteiger partial charge < -0.3 is 0 Å². The molecule has 1 aliphatic carbocycles. The van der Waals surface area contributed by atoms with Gasteiger partial charge in [-0.2, -0.15) is 0 Å². The predicted octanol–water partition coefficient (Wildman–Crippen LogP) is 4.49. The van der Waals surface area contributed by atoms with Crippen LogP contribution in [-0.4, -0.2) is 11.3 Å². The first kappa shape index (κ1) is 29.4. The van der Waals surface area contributed by atoms with Crippen LogP contribution in [0.2, 0.25) is 0 Å². The summed E-state index contributed by atoms with van der Waals surface area (Å²) in [6.07, 6.45) is 5.05. The van der Waals surface area contributed by atoms with Crippen LogP contribution in [0.25, 0.3) is 0 Å². The molecule has 1 fully saturated rings. The molecule has 2 heterocycles. The van der Waals surface area contributed by atoms with Crippen molar-refractivity contribution in [2.24, 2.45) is 11.8 Å². The van der Waals surface area contributed by atoms with Gasteiger partial charge in [-0.25, -0.2) is 0 Å². The maximum atomic E-state index is 7.50. The molecular weight excluding hydrogens is 510 g/mol.